The van der Waals surface area contributed by atoms with E-state index in [1.54, 1.807) is 6.07 Å². The molecule has 6 heteroatoms. The third-order valence-corrected chi connectivity index (χ3v) is 6.83. The first kappa shape index (κ1) is 19.6. The fraction of sp³-hybridized carbons (Fsp3) is 0.261. The summed E-state index contributed by atoms with van der Waals surface area (Å²) in [7, 11) is -1.60. The minimum atomic E-state index is -1.60. The predicted molar refractivity (Wildman–Crippen MR) is 122 cm³/mol. The maximum Gasteiger partial charge on any atom is 0.133 e. The molecule has 5 nitrogen and oxygen atoms in total. The number of nitrogen functional groups attached to an aromatic ring is 1. The Balaban J connectivity index is 1.51. The lowest BCUT2D eigenvalue weighted by atomic mass is 9.98. The smallest absolute Gasteiger partial charge is 0.133 e. The highest BCUT2D eigenvalue weighted by Crippen LogP contribution is 2.26. The Labute approximate surface area is 173 Å². The van der Waals surface area contributed by atoms with E-state index < -0.39 is 10.8 Å². The summed E-state index contributed by atoms with van der Waals surface area (Å²) in [4.78, 5) is 0.639. The van der Waals surface area contributed by atoms with E-state index in [4.69, 9.17) is 11.1 Å². The standard InChI is InChI=1S/C23H26N4OS/c24-21-14-18(27-15-16-10-12-26-13-11-16)8-9-20(21)23(25)29(28)22-7-3-5-17-4-1-2-6-19(17)22/h1-9,14,16,25-27H,10-13,15,24H2. The maximum absolute atomic E-state index is 13.1. The Morgan fingerprint density at radius 2 is 1.86 bits per heavy atom. The molecule has 29 heavy (non-hydrogen) atoms. The molecule has 5 N–H and O–H groups in total. The van der Waals surface area contributed by atoms with Crippen molar-refractivity contribution in [2.75, 3.05) is 30.7 Å². The van der Waals surface area contributed by atoms with Crippen LogP contribution in [0.2, 0.25) is 0 Å². The molecular weight excluding hydrogens is 380 g/mol. The van der Waals surface area contributed by atoms with Gasteiger partial charge in [-0.2, -0.15) is 0 Å². The topological polar surface area (TPSA) is 91.0 Å². The molecular formula is C23H26N4OS. The molecule has 4 rings (SSSR count). The molecule has 3 aromatic carbocycles. The van der Waals surface area contributed by atoms with Gasteiger partial charge in [-0.1, -0.05) is 36.4 Å². The van der Waals surface area contributed by atoms with Gasteiger partial charge >= 0.3 is 0 Å². The molecule has 1 atom stereocenters. The molecule has 0 bridgehead atoms. The molecule has 150 valence electrons. The summed E-state index contributed by atoms with van der Waals surface area (Å²) < 4.78 is 13.1. The number of piperidine rings is 1. The van der Waals surface area contributed by atoms with Crippen LogP contribution in [0.4, 0.5) is 11.4 Å². The van der Waals surface area contributed by atoms with E-state index in [0.29, 0.717) is 22.1 Å². The van der Waals surface area contributed by atoms with Crippen molar-refractivity contribution >= 4 is 38.0 Å². The van der Waals surface area contributed by atoms with Crippen molar-refractivity contribution in [3.8, 4) is 0 Å². The first-order chi connectivity index (χ1) is 14.1. The lowest BCUT2D eigenvalue weighted by molar-refractivity contribution is 0.390. The van der Waals surface area contributed by atoms with E-state index in [2.05, 4.69) is 10.6 Å². The highest BCUT2D eigenvalue weighted by atomic mass is 32.2. The zero-order chi connectivity index (χ0) is 20.2. The van der Waals surface area contributed by atoms with Gasteiger partial charge in [0.15, 0.2) is 0 Å². The lowest BCUT2D eigenvalue weighted by Gasteiger charge is -2.23. The number of nitrogens with two attached hydrogens (primary N) is 1. The second kappa shape index (κ2) is 8.76. The minimum Gasteiger partial charge on any atom is -0.398 e. The molecule has 1 heterocycles. The van der Waals surface area contributed by atoms with Crippen molar-refractivity contribution in [2.45, 2.75) is 17.7 Å². The first-order valence-corrected chi connectivity index (χ1v) is 11.1. The summed E-state index contributed by atoms with van der Waals surface area (Å²) in [5, 5.41) is 17.3. The number of hydrogen-bond donors (Lipinski definition) is 4. The molecule has 0 aliphatic carbocycles. The van der Waals surface area contributed by atoms with Crippen molar-refractivity contribution < 1.29 is 4.21 Å². The number of anilines is 2. The van der Waals surface area contributed by atoms with Crippen molar-refractivity contribution in [1.82, 2.24) is 5.32 Å². The van der Waals surface area contributed by atoms with Crippen molar-refractivity contribution in [1.29, 1.82) is 5.41 Å². The Bertz CT molecular complexity index is 1050. The molecule has 3 aromatic rings. The Morgan fingerprint density at radius 3 is 2.66 bits per heavy atom. The zero-order valence-corrected chi connectivity index (χ0v) is 17.1. The molecule has 0 radical (unpaired) electrons. The third kappa shape index (κ3) is 4.33. The summed E-state index contributed by atoms with van der Waals surface area (Å²) >= 11 is 0. The van der Waals surface area contributed by atoms with Crippen LogP contribution >= 0.6 is 0 Å². The summed E-state index contributed by atoms with van der Waals surface area (Å²) in [6, 6.07) is 19.0. The molecule has 1 saturated heterocycles. The van der Waals surface area contributed by atoms with Crippen molar-refractivity contribution in [3.05, 3.63) is 66.2 Å². The van der Waals surface area contributed by atoms with Gasteiger partial charge in [0, 0.05) is 23.5 Å². The van der Waals surface area contributed by atoms with E-state index in [0.717, 1.165) is 36.1 Å². The molecule has 0 aromatic heterocycles. The number of nitrogens with one attached hydrogen (secondary N) is 3. The molecule has 1 fully saturated rings. The van der Waals surface area contributed by atoms with Crippen LogP contribution in [0.25, 0.3) is 10.8 Å². The second-order valence-electron chi connectivity index (χ2n) is 7.45. The lowest BCUT2D eigenvalue weighted by Crippen LogP contribution is -2.31. The van der Waals surface area contributed by atoms with E-state index in [1.807, 2.05) is 54.6 Å². The van der Waals surface area contributed by atoms with Gasteiger partial charge in [0.1, 0.15) is 15.8 Å². The number of hydrogen-bond acceptors (Lipinski definition) is 5. The van der Waals surface area contributed by atoms with Gasteiger partial charge in [-0.3, -0.25) is 5.41 Å². The van der Waals surface area contributed by atoms with Crippen LogP contribution in [0.5, 0.6) is 0 Å². The quantitative estimate of drug-likeness (QED) is 0.293. The van der Waals surface area contributed by atoms with Gasteiger partial charge in [-0.15, -0.1) is 0 Å². The first-order valence-electron chi connectivity index (χ1n) is 9.96. The second-order valence-corrected chi connectivity index (χ2v) is 8.84. The average molecular weight is 407 g/mol. The normalized spacial score (nSPS) is 15.9. The monoisotopic (exact) mass is 406 g/mol. The van der Waals surface area contributed by atoms with Crippen LogP contribution in [-0.2, 0) is 10.8 Å². The summed E-state index contributed by atoms with van der Waals surface area (Å²) in [6.07, 6.45) is 2.35. The molecule has 1 unspecified atom stereocenters. The SMILES string of the molecule is N=C(c1ccc(NCC2CCNCC2)cc1N)S(=O)c1cccc2ccccc12. The fourth-order valence-electron chi connectivity index (χ4n) is 3.79. The summed E-state index contributed by atoms with van der Waals surface area (Å²) in [5.74, 6) is 0.661. The predicted octanol–water partition coefficient (Wildman–Crippen LogP) is 3.97. The highest BCUT2D eigenvalue weighted by Gasteiger charge is 2.18. The van der Waals surface area contributed by atoms with Crippen LogP contribution in [0.15, 0.2) is 65.6 Å². The van der Waals surface area contributed by atoms with Crippen LogP contribution in [0, 0.1) is 11.3 Å². The largest absolute Gasteiger partial charge is 0.398 e. The van der Waals surface area contributed by atoms with Crippen molar-refractivity contribution in [2.24, 2.45) is 5.92 Å². The van der Waals surface area contributed by atoms with Gasteiger partial charge in [-0.25, -0.2) is 4.21 Å². The van der Waals surface area contributed by atoms with E-state index in [1.165, 1.54) is 12.8 Å². The third-order valence-electron chi connectivity index (χ3n) is 5.48. The number of rotatable bonds is 5. The Hall–Kier alpha value is -2.70. The zero-order valence-electron chi connectivity index (χ0n) is 16.3. The molecule has 0 saturated carbocycles. The number of fused-ring (bicyclic) bond motifs is 1. The minimum absolute atomic E-state index is 0.0313. The summed E-state index contributed by atoms with van der Waals surface area (Å²) in [6.45, 7) is 3.06. The highest BCUT2D eigenvalue weighted by molar-refractivity contribution is 8.01. The van der Waals surface area contributed by atoms with E-state index in [9.17, 15) is 4.21 Å². The van der Waals surface area contributed by atoms with Gasteiger partial charge in [0.05, 0.1) is 4.90 Å². The van der Waals surface area contributed by atoms with Crippen LogP contribution in [0.1, 0.15) is 18.4 Å². The Kier molecular flexibility index (Phi) is 5.92. The van der Waals surface area contributed by atoms with Gasteiger partial charge in [-0.05, 0) is 66.9 Å². The molecule has 1 aliphatic heterocycles. The summed E-state index contributed by atoms with van der Waals surface area (Å²) in [5.41, 5.74) is 8.16. The molecule has 0 amide bonds. The van der Waals surface area contributed by atoms with Crippen LogP contribution in [0.3, 0.4) is 0 Å². The van der Waals surface area contributed by atoms with Crippen molar-refractivity contribution in [3.63, 3.8) is 0 Å². The van der Waals surface area contributed by atoms with Gasteiger partial charge in [0.2, 0.25) is 0 Å². The Morgan fingerprint density at radius 1 is 1.10 bits per heavy atom. The van der Waals surface area contributed by atoms with E-state index in [-0.39, 0.29) is 5.04 Å². The van der Waals surface area contributed by atoms with E-state index >= 15 is 0 Å². The van der Waals surface area contributed by atoms with Crippen LogP contribution < -0.4 is 16.4 Å². The average Bonchev–Trinajstić information content (AvgIpc) is 2.77. The van der Waals surface area contributed by atoms with Gasteiger partial charge in [0.25, 0.3) is 0 Å². The number of benzene rings is 3. The fourth-order valence-corrected chi connectivity index (χ4v) is 4.99. The van der Waals surface area contributed by atoms with Crippen LogP contribution in [-0.4, -0.2) is 28.9 Å². The maximum atomic E-state index is 13.1. The molecule has 1 aliphatic rings. The van der Waals surface area contributed by atoms with Gasteiger partial charge < -0.3 is 16.4 Å². The molecule has 0 spiro atoms.